The molecule has 0 bridgehead atoms. The maximum Gasteiger partial charge on any atom is 0.286 e. The predicted molar refractivity (Wildman–Crippen MR) is 124 cm³/mol. The van der Waals surface area contributed by atoms with E-state index in [0.29, 0.717) is 9.23 Å². The first-order valence-corrected chi connectivity index (χ1v) is 9.94. The Hall–Kier alpha value is -2.64. The zero-order valence-corrected chi connectivity index (χ0v) is 17.9. The Balaban J connectivity index is 1.74. The molecule has 0 saturated carbocycles. The van der Waals surface area contributed by atoms with Crippen LogP contribution in [-0.2, 0) is 4.79 Å². The van der Waals surface area contributed by atoms with Gasteiger partial charge in [0.25, 0.3) is 5.91 Å². The van der Waals surface area contributed by atoms with Crippen LogP contribution in [0.1, 0.15) is 11.1 Å². The van der Waals surface area contributed by atoms with E-state index in [-0.39, 0.29) is 5.91 Å². The minimum Gasteiger partial charge on any atom is -0.378 e. The van der Waals surface area contributed by atoms with Gasteiger partial charge in [-0.15, -0.1) is 0 Å². The molecule has 7 heteroatoms. The number of carbonyl (C=O) groups excluding carboxylic acids is 1. The lowest BCUT2D eigenvalue weighted by atomic mass is 10.2. The molecular weight excluding hydrogens is 388 g/mol. The molecule has 2 aromatic carbocycles. The van der Waals surface area contributed by atoms with Gasteiger partial charge in [0.15, 0.2) is 4.32 Å². The molecule has 0 aliphatic carbocycles. The first-order valence-electron chi connectivity index (χ1n) is 8.72. The highest BCUT2D eigenvalue weighted by Gasteiger charge is 2.32. The van der Waals surface area contributed by atoms with Gasteiger partial charge in [-0.2, -0.15) is 10.1 Å². The smallest absolute Gasteiger partial charge is 0.286 e. The number of carbonyl (C=O) groups is 1. The fourth-order valence-corrected chi connectivity index (χ4v) is 3.73. The minimum absolute atomic E-state index is 0.201. The van der Waals surface area contributed by atoms with Crippen molar-refractivity contribution in [3.05, 3.63) is 64.6 Å². The Morgan fingerprint density at radius 1 is 0.893 bits per heavy atom. The summed E-state index contributed by atoms with van der Waals surface area (Å²) < 4.78 is 0.433. The fourth-order valence-electron chi connectivity index (χ4n) is 2.56. The van der Waals surface area contributed by atoms with Crippen LogP contribution in [0, 0.1) is 0 Å². The molecule has 0 N–H and O–H groups in total. The molecule has 1 fully saturated rings. The largest absolute Gasteiger partial charge is 0.378 e. The number of thioether (sulfide) groups is 1. The van der Waals surface area contributed by atoms with Gasteiger partial charge in [-0.3, -0.25) is 4.79 Å². The minimum atomic E-state index is -0.201. The summed E-state index contributed by atoms with van der Waals surface area (Å²) in [5, 5.41) is 5.57. The van der Waals surface area contributed by atoms with Crippen molar-refractivity contribution >= 4 is 57.9 Å². The molecule has 144 valence electrons. The molecule has 1 amide bonds. The van der Waals surface area contributed by atoms with E-state index in [1.807, 2.05) is 92.6 Å². The molecule has 5 nitrogen and oxygen atoms in total. The second kappa shape index (κ2) is 8.58. The summed E-state index contributed by atoms with van der Waals surface area (Å²) >= 11 is 6.60. The molecule has 0 atom stereocenters. The predicted octanol–water partition coefficient (Wildman–Crippen LogP) is 4.05. The van der Waals surface area contributed by atoms with Gasteiger partial charge in [0.05, 0.1) is 11.1 Å². The molecule has 0 radical (unpaired) electrons. The molecular formula is C21H22N4OS2. The molecule has 0 unspecified atom stereocenters. The highest BCUT2D eigenvalue weighted by molar-refractivity contribution is 8.26. The van der Waals surface area contributed by atoms with Gasteiger partial charge in [-0.25, -0.2) is 0 Å². The van der Waals surface area contributed by atoms with Gasteiger partial charge in [0.2, 0.25) is 0 Å². The maximum absolute atomic E-state index is 12.7. The first kappa shape index (κ1) is 20.1. The molecule has 3 rings (SSSR count). The molecule has 2 aromatic rings. The molecule has 1 aliphatic rings. The Morgan fingerprint density at radius 3 is 1.89 bits per heavy atom. The Bertz CT molecular complexity index is 932. The number of rotatable bonds is 5. The molecule has 0 aromatic heterocycles. The summed E-state index contributed by atoms with van der Waals surface area (Å²) in [6.07, 6.45) is 3.50. The van der Waals surface area contributed by atoms with Crippen molar-refractivity contribution in [1.82, 2.24) is 5.01 Å². The van der Waals surface area contributed by atoms with Gasteiger partial charge in [0.1, 0.15) is 0 Å². The van der Waals surface area contributed by atoms with Crippen molar-refractivity contribution < 1.29 is 4.79 Å². The summed E-state index contributed by atoms with van der Waals surface area (Å²) in [5.74, 6) is -0.201. The summed E-state index contributed by atoms with van der Waals surface area (Å²) in [5.41, 5.74) is 4.07. The number of hydrazone groups is 1. The highest BCUT2D eigenvalue weighted by atomic mass is 32.2. The van der Waals surface area contributed by atoms with Crippen LogP contribution in [0.15, 0.2) is 58.5 Å². The van der Waals surface area contributed by atoms with Crippen LogP contribution in [0.2, 0.25) is 0 Å². The van der Waals surface area contributed by atoms with Gasteiger partial charge in [0, 0.05) is 39.6 Å². The third-order valence-corrected chi connectivity index (χ3v) is 5.50. The number of thiocarbonyl (C=S) groups is 1. The van der Waals surface area contributed by atoms with Crippen LogP contribution in [0.5, 0.6) is 0 Å². The van der Waals surface area contributed by atoms with Crippen molar-refractivity contribution in [1.29, 1.82) is 0 Å². The van der Waals surface area contributed by atoms with Gasteiger partial charge in [-0.1, -0.05) is 36.0 Å². The van der Waals surface area contributed by atoms with E-state index in [1.165, 1.54) is 16.8 Å². The SMILES string of the molecule is CN(C)c1ccc(/C=N/N2C(=O)/C(=C\c3ccc(N(C)C)cc3)SC2=S)cc1. The summed E-state index contributed by atoms with van der Waals surface area (Å²) in [6.45, 7) is 0. The monoisotopic (exact) mass is 410 g/mol. The van der Waals surface area contributed by atoms with Crippen LogP contribution in [0.4, 0.5) is 11.4 Å². The van der Waals surface area contributed by atoms with Crippen LogP contribution in [-0.4, -0.2) is 49.6 Å². The van der Waals surface area contributed by atoms with E-state index in [4.69, 9.17) is 12.2 Å². The molecule has 28 heavy (non-hydrogen) atoms. The second-order valence-corrected chi connectivity index (χ2v) is 8.39. The number of benzene rings is 2. The third-order valence-electron chi connectivity index (χ3n) is 4.21. The topological polar surface area (TPSA) is 39.1 Å². The summed E-state index contributed by atoms with van der Waals surface area (Å²) in [6, 6.07) is 15.9. The number of hydrogen-bond donors (Lipinski definition) is 0. The van der Waals surface area contributed by atoms with Crippen molar-refractivity contribution in [3.63, 3.8) is 0 Å². The summed E-state index contributed by atoms with van der Waals surface area (Å²) in [4.78, 5) is 17.3. The maximum atomic E-state index is 12.7. The zero-order chi connectivity index (χ0) is 20.3. The Labute approximate surface area is 175 Å². The number of nitrogens with zero attached hydrogens (tertiary/aromatic N) is 4. The van der Waals surface area contributed by atoms with Crippen LogP contribution in [0.25, 0.3) is 6.08 Å². The number of amides is 1. The van der Waals surface area contributed by atoms with Crippen LogP contribution < -0.4 is 9.80 Å². The van der Waals surface area contributed by atoms with E-state index in [9.17, 15) is 4.79 Å². The summed E-state index contributed by atoms with van der Waals surface area (Å²) in [7, 11) is 7.96. The van der Waals surface area contributed by atoms with Crippen molar-refractivity contribution in [2.24, 2.45) is 5.10 Å². The van der Waals surface area contributed by atoms with Gasteiger partial charge < -0.3 is 9.80 Å². The third kappa shape index (κ3) is 4.61. The molecule has 1 saturated heterocycles. The van der Waals surface area contributed by atoms with E-state index < -0.39 is 0 Å². The zero-order valence-electron chi connectivity index (χ0n) is 16.3. The van der Waals surface area contributed by atoms with E-state index >= 15 is 0 Å². The molecule has 1 aliphatic heterocycles. The average Bonchev–Trinajstić information content (AvgIpc) is 2.94. The van der Waals surface area contributed by atoms with Crippen molar-refractivity contribution in [2.45, 2.75) is 0 Å². The Kier molecular flexibility index (Phi) is 6.16. The highest BCUT2D eigenvalue weighted by Crippen LogP contribution is 2.33. The lowest BCUT2D eigenvalue weighted by Crippen LogP contribution is -2.22. The van der Waals surface area contributed by atoms with Crippen LogP contribution >= 0.6 is 24.0 Å². The second-order valence-electron chi connectivity index (χ2n) is 6.71. The average molecular weight is 411 g/mol. The lowest BCUT2D eigenvalue weighted by Gasteiger charge is -2.12. The van der Waals surface area contributed by atoms with E-state index in [2.05, 4.69) is 5.10 Å². The number of anilines is 2. The standard InChI is InChI=1S/C21H22N4OS2/c1-23(2)17-9-5-15(6-10-17)13-19-20(26)25(21(27)28-19)22-14-16-7-11-18(12-8-16)24(3)4/h5-14H,1-4H3/b19-13+,22-14+. The quantitative estimate of drug-likeness (QED) is 0.422. The molecule has 0 spiro atoms. The van der Waals surface area contributed by atoms with Gasteiger partial charge in [-0.05, 0) is 53.7 Å². The number of hydrogen-bond acceptors (Lipinski definition) is 6. The van der Waals surface area contributed by atoms with E-state index in [1.54, 1.807) is 6.21 Å². The molecule has 1 heterocycles. The first-order chi connectivity index (χ1) is 13.3. The van der Waals surface area contributed by atoms with E-state index in [0.717, 1.165) is 22.5 Å². The normalized spacial score (nSPS) is 15.7. The Morgan fingerprint density at radius 2 is 1.39 bits per heavy atom. The lowest BCUT2D eigenvalue weighted by molar-refractivity contribution is -0.122. The van der Waals surface area contributed by atoms with Crippen LogP contribution in [0.3, 0.4) is 0 Å². The van der Waals surface area contributed by atoms with Crippen molar-refractivity contribution in [3.8, 4) is 0 Å². The fraction of sp³-hybridized carbons (Fsp3) is 0.190. The van der Waals surface area contributed by atoms with Crippen molar-refractivity contribution in [2.75, 3.05) is 38.0 Å². The van der Waals surface area contributed by atoms with Gasteiger partial charge >= 0.3 is 0 Å².